The molecule has 0 atom stereocenters. The zero-order chi connectivity index (χ0) is 19.5. The van der Waals surface area contributed by atoms with E-state index in [1.807, 2.05) is 42.6 Å². The lowest BCUT2D eigenvalue weighted by molar-refractivity contribution is 0.0946. The lowest BCUT2D eigenvalue weighted by Crippen LogP contribution is -2.46. The van der Waals surface area contributed by atoms with E-state index < -0.39 is 0 Å². The fraction of sp³-hybridized carbons (Fsp3) is 0.333. The minimum Gasteiger partial charge on any atom is -0.354 e. The smallest absolute Gasteiger partial charge is 0.269 e. The molecule has 0 bridgehead atoms. The van der Waals surface area contributed by atoms with Crippen LogP contribution >= 0.6 is 15.9 Å². The third-order valence-corrected chi connectivity index (χ3v) is 6.10. The number of fused-ring (bicyclic) bond motifs is 1. The summed E-state index contributed by atoms with van der Waals surface area (Å²) in [6.45, 7) is 7.91. The summed E-state index contributed by atoms with van der Waals surface area (Å²) >= 11 is 3.53. The molecule has 0 radical (unpaired) electrons. The largest absolute Gasteiger partial charge is 0.354 e. The number of H-pyrrole nitrogens is 1. The van der Waals surface area contributed by atoms with Crippen LogP contribution in [0.5, 0.6) is 0 Å². The van der Waals surface area contributed by atoms with Crippen molar-refractivity contribution >= 4 is 38.6 Å². The van der Waals surface area contributed by atoms with Crippen LogP contribution in [-0.4, -0.2) is 53.5 Å². The van der Waals surface area contributed by atoms with Gasteiger partial charge < -0.3 is 20.1 Å². The van der Waals surface area contributed by atoms with Gasteiger partial charge in [-0.25, -0.2) is 4.98 Å². The second-order valence-electron chi connectivity index (χ2n) is 6.99. The summed E-state index contributed by atoms with van der Waals surface area (Å²) in [5.41, 5.74) is 2.46. The summed E-state index contributed by atoms with van der Waals surface area (Å²) < 4.78 is 0.792. The predicted octanol–water partition coefficient (Wildman–Crippen LogP) is 3.40. The van der Waals surface area contributed by atoms with Crippen molar-refractivity contribution in [2.75, 3.05) is 37.6 Å². The number of aromatic nitrogens is 2. The Bertz CT molecular complexity index is 961. The van der Waals surface area contributed by atoms with E-state index in [1.165, 1.54) is 0 Å². The number of amides is 1. The maximum absolute atomic E-state index is 12.6. The van der Waals surface area contributed by atoms with Crippen LogP contribution in [0.1, 0.15) is 23.0 Å². The van der Waals surface area contributed by atoms with Gasteiger partial charge in [-0.2, -0.15) is 0 Å². The molecule has 0 spiro atoms. The molecule has 3 heterocycles. The van der Waals surface area contributed by atoms with Crippen molar-refractivity contribution in [3.8, 4) is 0 Å². The number of likely N-dealkylation sites (N-methyl/N-ethyl adjacent to an activating group) is 1. The Morgan fingerprint density at radius 2 is 1.96 bits per heavy atom. The molecule has 0 unspecified atom stereocenters. The van der Waals surface area contributed by atoms with Crippen molar-refractivity contribution in [2.24, 2.45) is 0 Å². The summed E-state index contributed by atoms with van der Waals surface area (Å²) in [7, 11) is 0. The number of pyridine rings is 1. The summed E-state index contributed by atoms with van der Waals surface area (Å²) in [5.74, 6) is 0.868. The lowest BCUT2D eigenvalue weighted by Gasteiger charge is -2.34. The third-order valence-electron chi connectivity index (χ3n) is 5.28. The molecular weight excluding hydrogens is 418 g/mol. The molecule has 3 aromatic rings. The highest BCUT2D eigenvalue weighted by molar-refractivity contribution is 9.10. The van der Waals surface area contributed by atoms with Gasteiger partial charge >= 0.3 is 0 Å². The monoisotopic (exact) mass is 441 g/mol. The minimum atomic E-state index is -0.136. The molecule has 4 rings (SSSR count). The summed E-state index contributed by atoms with van der Waals surface area (Å²) in [5, 5.41) is 3.97. The van der Waals surface area contributed by atoms with Crippen LogP contribution in [-0.2, 0) is 6.54 Å². The van der Waals surface area contributed by atoms with Crippen LogP contribution in [0.15, 0.2) is 47.1 Å². The first-order valence-electron chi connectivity index (χ1n) is 9.62. The number of hydrogen-bond donors (Lipinski definition) is 2. The number of rotatable bonds is 5. The molecule has 146 valence electrons. The van der Waals surface area contributed by atoms with Gasteiger partial charge in [0.15, 0.2) is 0 Å². The van der Waals surface area contributed by atoms with Crippen LogP contribution in [0.2, 0.25) is 0 Å². The first-order valence-corrected chi connectivity index (χ1v) is 10.4. The average molecular weight is 442 g/mol. The molecule has 28 heavy (non-hydrogen) atoms. The zero-order valence-corrected chi connectivity index (χ0v) is 17.5. The summed E-state index contributed by atoms with van der Waals surface area (Å²) in [6.07, 6.45) is 1.85. The normalized spacial score (nSPS) is 15.1. The Kier molecular flexibility index (Phi) is 5.64. The molecule has 2 aromatic heterocycles. The molecule has 1 aliphatic rings. The number of nitrogens with zero attached hydrogens (tertiary/aromatic N) is 3. The van der Waals surface area contributed by atoms with Gasteiger partial charge in [0, 0.05) is 49.8 Å². The van der Waals surface area contributed by atoms with Crippen molar-refractivity contribution in [1.29, 1.82) is 0 Å². The number of aromatic amines is 1. The van der Waals surface area contributed by atoms with E-state index in [1.54, 1.807) is 0 Å². The van der Waals surface area contributed by atoms with Crippen molar-refractivity contribution in [1.82, 2.24) is 20.2 Å². The van der Waals surface area contributed by atoms with E-state index in [0.717, 1.165) is 59.5 Å². The number of carbonyl (C=O) groups excluding carboxylic acids is 1. The highest BCUT2D eigenvalue weighted by Crippen LogP contribution is 2.27. The summed E-state index contributed by atoms with van der Waals surface area (Å²) in [4.78, 5) is 25.1. The van der Waals surface area contributed by atoms with Crippen molar-refractivity contribution < 1.29 is 4.79 Å². The number of para-hydroxylation sites is 1. The fourth-order valence-electron chi connectivity index (χ4n) is 3.54. The van der Waals surface area contributed by atoms with E-state index >= 15 is 0 Å². The van der Waals surface area contributed by atoms with Gasteiger partial charge in [0.05, 0.1) is 4.47 Å². The molecule has 1 saturated heterocycles. The number of carbonyl (C=O) groups is 1. The first-order chi connectivity index (χ1) is 13.7. The Hall–Kier alpha value is -2.38. The lowest BCUT2D eigenvalue weighted by atomic mass is 10.2. The number of nitrogens with one attached hydrogen (secondary N) is 2. The maximum atomic E-state index is 12.6. The van der Waals surface area contributed by atoms with Gasteiger partial charge in [0.25, 0.3) is 5.91 Å². The first kappa shape index (κ1) is 19.0. The van der Waals surface area contributed by atoms with Crippen LogP contribution in [0.3, 0.4) is 0 Å². The van der Waals surface area contributed by atoms with E-state index in [0.29, 0.717) is 12.2 Å². The number of piperazine rings is 1. The highest BCUT2D eigenvalue weighted by atomic mass is 79.9. The molecule has 1 aromatic carbocycles. The Balaban J connectivity index is 1.37. The van der Waals surface area contributed by atoms with E-state index in [9.17, 15) is 4.79 Å². The second-order valence-corrected chi connectivity index (χ2v) is 7.78. The van der Waals surface area contributed by atoms with Gasteiger partial charge in [-0.3, -0.25) is 4.79 Å². The number of anilines is 1. The minimum absolute atomic E-state index is 0.136. The predicted molar refractivity (Wildman–Crippen MR) is 116 cm³/mol. The van der Waals surface area contributed by atoms with Crippen LogP contribution in [0.4, 0.5) is 5.82 Å². The Morgan fingerprint density at radius 3 is 2.64 bits per heavy atom. The molecule has 7 heteroatoms. The van der Waals surface area contributed by atoms with E-state index in [2.05, 4.69) is 47.9 Å². The number of halogens is 1. The van der Waals surface area contributed by atoms with Gasteiger partial charge in [0.2, 0.25) is 0 Å². The number of hydrogen-bond acceptors (Lipinski definition) is 4. The van der Waals surface area contributed by atoms with Crippen LogP contribution < -0.4 is 10.2 Å². The average Bonchev–Trinajstić information content (AvgIpc) is 3.09. The van der Waals surface area contributed by atoms with Gasteiger partial charge in [0.1, 0.15) is 11.5 Å². The van der Waals surface area contributed by atoms with Crippen molar-refractivity contribution in [3.63, 3.8) is 0 Å². The molecule has 0 aliphatic carbocycles. The second kappa shape index (κ2) is 8.32. The maximum Gasteiger partial charge on any atom is 0.269 e. The van der Waals surface area contributed by atoms with Crippen molar-refractivity contribution in [2.45, 2.75) is 13.5 Å². The molecule has 2 N–H and O–H groups in total. The fourth-order valence-corrected chi connectivity index (χ4v) is 4.16. The molecular formula is C21H24BrN5O. The van der Waals surface area contributed by atoms with E-state index in [-0.39, 0.29) is 5.91 Å². The Morgan fingerprint density at radius 1 is 1.18 bits per heavy atom. The Labute approximate surface area is 173 Å². The topological polar surface area (TPSA) is 64.3 Å². The molecule has 6 nitrogen and oxygen atoms in total. The standard InChI is InChI=1S/C21H24BrN5O/c1-2-26-9-11-27(12-10-26)18-8-7-15(13-23-18)14-24-21(28)20-19(22)16-5-3-4-6-17(16)25-20/h3-8,13,25H,2,9-12,14H2,1H3,(H,24,28). The zero-order valence-electron chi connectivity index (χ0n) is 15.9. The van der Waals surface area contributed by atoms with Crippen molar-refractivity contribution in [3.05, 3.63) is 58.3 Å². The SMILES string of the molecule is CCN1CCN(c2ccc(CNC(=O)c3[nH]c4ccccc4c3Br)cn2)CC1. The molecule has 1 fully saturated rings. The van der Waals surface area contributed by atoms with Gasteiger partial charge in [-0.15, -0.1) is 0 Å². The quantitative estimate of drug-likeness (QED) is 0.636. The third kappa shape index (κ3) is 3.91. The van der Waals surface area contributed by atoms with Gasteiger partial charge in [-0.1, -0.05) is 31.2 Å². The molecule has 1 aliphatic heterocycles. The molecule has 1 amide bonds. The summed E-state index contributed by atoms with van der Waals surface area (Å²) in [6, 6.07) is 11.9. The van der Waals surface area contributed by atoms with E-state index in [4.69, 9.17) is 0 Å². The molecule has 0 saturated carbocycles. The van der Waals surface area contributed by atoms with Gasteiger partial charge in [-0.05, 0) is 40.2 Å². The number of benzene rings is 1. The van der Waals surface area contributed by atoms with Crippen LogP contribution in [0.25, 0.3) is 10.9 Å². The van der Waals surface area contributed by atoms with Crippen LogP contribution in [0, 0.1) is 0 Å². The highest BCUT2D eigenvalue weighted by Gasteiger charge is 2.17.